The third-order valence-electron chi connectivity index (χ3n) is 1.95. The minimum absolute atomic E-state index is 0.0548. The fourth-order valence-electron chi connectivity index (χ4n) is 1.16. The summed E-state index contributed by atoms with van der Waals surface area (Å²) in [6.45, 7) is 7.72. The van der Waals surface area contributed by atoms with E-state index in [-0.39, 0.29) is 18.5 Å². The smallest absolute Gasteiger partial charge is 0.322 e. The Morgan fingerprint density at radius 3 is 2.24 bits per heavy atom. The molecule has 0 bridgehead atoms. The standard InChI is InChI=1S/C12H22N2O3/c1-8(2)5-6-11(15)13-7-10(12(16)17)14-9(3)4/h5-6,8-10,14H,7H2,1-4H3,(H,13,15)(H,16,17)/b6-5+. The molecule has 3 N–H and O–H groups in total. The van der Waals surface area contributed by atoms with Gasteiger partial charge in [0.1, 0.15) is 6.04 Å². The Labute approximate surface area is 102 Å². The van der Waals surface area contributed by atoms with Crippen LogP contribution in [0.25, 0.3) is 0 Å². The van der Waals surface area contributed by atoms with Crippen LogP contribution in [-0.2, 0) is 9.59 Å². The van der Waals surface area contributed by atoms with E-state index >= 15 is 0 Å². The second-order valence-corrected chi connectivity index (χ2v) is 4.56. The molecule has 0 spiro atoms. The highest BCUT2D eigenvalue weighted by Crippen LogP contribution is 1.93. The van der Waals surface area contributed by atoms with Crippen LogP contribution in [0.1, 0.15) is 27.7 Å². The summed E-state index contributed by atoms with van der Waals surface area (Å²) >= 11 is 0. The largest absolute Gasteiger partial charge is 0.480 e. The number of aliphatic carboxylic acids is 1. The van der Waals surface area contributed by atoms with Gasteiger partial charge in [-0.2, -0.15) is 0 Å². The molecule has 1 amide bonds. The maximum absolute atomic E-state index is 11.3. The fraction of sp³-hybridized carbons (Fsp3) is 0.667. The minimum Gasteiger partial charge on any atom is -0.480 e. The number of rotatable bonds is 7. The van der Waals surface area contributed by atoms with Crippen LogP contribution in [-0.4, -0.2) is 35.6 Å². The van der Waals surface area contributed by atoms with Crippen molar-refractivity contribution in [3.05, 3.63) is 12.2 Å². The van der Waals surface area contributed by atoms with Crippen molar-refractivity contribution in [2.24, 2.45) is 5.92 Å². The molecule has 0 saturated heterocycles. The normalized spacial score (nSPS) is 13.3. The van der Waals surface area contributed by atoms with E-state index in [2.05, 4.69) is 10.6 Å². The highest BCUT2D eigenvalue weighted by molar-refractivity contribution is 5.88. The zero-order chi connectivity index (χ0) is 13.4. The molecular formula is C12H22N2O3. The molecule has 0 heterocycles. The van der Waals surface area contributed by atoms with E-state index < -0.39 is 12.0 Å². The Bertz CT molecular complexity index is 285. The lowest BCUT2D eigenvalue weighted by Gasteiger charge is -2.17. The predicted octanol–water partition coefficient (Wildman–Crippen LogP) is 0.766. The molecule has 98 valence electrons. The van der Waals surface area contributed by atoms with E-state index in [0.29, 0.717) is 5.92 Å². The summed E-state index contributed by atoms with van der Waals surface area (Å²) in [5, 5.41) is 14.3. The topological polar surface area (TPSA) is 78.4 Å². The molecule has 0 aliphatic heterocycles. The lowest BCUT2D eigenvalue weighted by atomic mass is 10.2. The second kappa shape index (κ2) is 7.84. The van der Waals surface area contributed by atoms with E-state index in [4.69, 9.17) is 5.11 Å². The van der Waals surface area contributed by atoms with Crippen molar-refractivity contribution in [2.75, 3.05) is 6.54 Å². The SMILES string of the molecule is CC(C)/C=C/C(=O)NCC(NC(C)C)C(=O)O. The maximum atomic E-state index is 11.3. The van der Waals surface area contributed by atoms with Crippen molar-refractivity contribution in [3.63, 3.8) is 0 Å². The lowest BCUT2D eigenvalue weighted by Crippen LogP contribution is -2.48. The highest BCUT2D eigenvalue weighted by atomic mass is 16.4. The summed E-state index contributed by atoms with van der Waals surface area (Å²) in [5.41, 5.74) is 0. The summed E-state index contributed by atoms with van der Waals surface area (Å²) in [5.74, 6) is -0.938. The Morgan fingerprint density at radius 1 is 1.24 bits per heavy atom. The quantitative estimate of drug-likeness (QED) is 0.576. The van der Waals surface area contributed by atoms with Crippen molar-refractivity contribution in [3.8, 4) is 0 Å². The van der Waals surface area contributed by atoms with Crippen LogP contribution < -0.4 is 10.6 Å². The van der Waals surface area contributed by atoms with Crippen LogP contribution in [0, 0.1) is 5.92 Å². The van der Waals surface area contributed by atoms with E-state index in [0.717, 1.165) is 0 Å². The maximum Gasteiger partial charge on any atom is 0.322 e. The predicted molar refractivity (Wildman–Crippen MR) is 66.7 cm³/mol. The number of nitrogens with one attached hydrogen (secondary N) is 2. The van der Waals surface area contributed by atoms with Gasteiger partial charge < -0.3 is 15.7 Å². The molecule has 0 fully saturated rings. The minimum atomic E-state index is -0.966. The summed E-state index contributed by atoms with van der Waals surface area (Å²) in [6, 6.07) is -0.703. The van der Waals surface area contributed by atoms with Gasteiger partial charge in [0.25, 0.3) is 0 Å². The van der Waals surface area contributed by atoms with Crippen LogP contribution in [0.5, 0.6) is 0 Å². The van der Waals surface area contributed by atoms with Crippen LogP contribution in [0.3, 0.4) is 0 Å². The molecular weight excluding hydrogens is 220 g/mol. The second-order valence-electron chi connectivity index (χ2n) is 4.56. The van der Waals surface area contributed by atoms with E-state index in [9.17, 15) is 9.59 Å². The number of carbonyl (C=O) groups is 2. The third kappa shape index (κ3) is 8.45. The van der Waals surface area contributed by atoms with Crippen LogP contribution >= 0.6 is 0 Å². The summed E-state index contributed by atoms with van der Waals surface area (Å²) in [4.78, 5) is 22.2. The fourth-order valence-corrected chi connectivity index (χ4v) is 1.16. The van der Waals surface area contributed by atoms with Crippen LogP contribution in [0.15, 0.2) is 12.2 Å². The molecule has 0 aromatic carbocycles. The van der Waals surface area contributed by atoms with E-state index in [1.165, 1.54) is 6.08 Å². The van der Waals surface area contributed by atoms with Gasteiger partial charge in [0.05, 0.1) is 0 Å². The Morgan fingerprint density at radius 2 is 1.82 bits per heavy atom. The van der Waals surface area contributed by atoms with Gasteiger partial charge in [-0.3, -0.25) is 9.59 Å². The van der Waals surface area contributed by atoms with Crippen molar-refractivity contribution >= 4 is 11.9 Å². The van der Waals surface area contributed by atoms with Gasteiger partial charge in [0, 0.05) is 12.6 Å². The van der Waals surface area contributed by atoms with Gasteiger partial charge in [-0.25, -0.2) is 0 Å². The zero-order valence-electron chi connectivity index (χ0n) is 10.9. The first-order valence-corrected chi connectivity index (χ1v) is 5.77. The average molecular weight is 242 g/mol. The van der Waals surface area contributed by atoms with Crippen LogP contribution in [0.2, 0.25) is 0 Å². The molecule has 0 aromatic heterocycles. The van der Waals surface area contributed by atoms with Crippen molar-refractivity contribution in [2.45, 2.75) is 39.8 Å². The molecule has 5 heteroatoms. The number of hydrogen-bond donors (Lipinski definition) is 3. The van der Waals surface area contributed by atoms with Gasteiger partial charge in [-0.1, -0.05) is 33.8 Å². The number of carboxylic acids is 1. The number of carbonyl (C=O) groups excluding carboxylic acids is 1. The summed E-state index contributed by atoms with van der Waals surface area (Å²) in [6.07, 6.45) is 3.19. The number of carboxylic acid groups (broad SMARTS) is 1. The van der Waals surface area contributed by atoms with Gasteiger partial charge in [-0.15, -0.1) is 0 Å². The first-order chi connectivity index (χ1) is 7.82. The van der Waals surface area contributed by atoms with Crippen molar-refractivity contribution in [1.29, 1.82) is 0 Å². The zero-order valence-corrected chi connectivity index (χ0v) is 10.9. The monoisotopic (exact) mass is 242 g/mol. The van der Waals surface area contributed by atoms with Gasteiger partial charge in [-0.05, 0) is 12.0 Å². The van der Waals surface area contributed by atoms with Crippen LogP contribution in [0.4, 0.5) is 0 Å². The van der Waals surface area contributed by atoms with Gasteiger partial charge in [0.15, 0.2) is 0 Å². The average Bonchev–Trinajstić information content (AvgIpc) is 2.20. The Hall–Kier alpha value is -1.36. The Kier molecular flexibility index (Phi) is 7.21. The molecule has 0 aliphatic rings. The van der Waals surface area contributed by atoms with Gasteiger partial charge >= 0.3 is 5.97 Å². The first kappa shape index (κ1) is 15.6. The summed E-state index contributed by atoms with van der Waals surface area (Å²) in [7, 11) is 0. The molecule has 0 aliphatic carbocycles. The number of allylic oxidation sites excluding steroid dienone is 1. The van der Waals surface area contributed by atoms with Gasteiger partial charge in [0.2, 0.25) is 5.91 Å². The molecule has 1 atom stereocenters. The summed E-state index contributed by atoms with van der Waals surface area (Å²) < 4.78 is 0. The molecule has 0 rings (SSSR count). The number of hydrogen-bond acceptors (Lipinski definition) is 3. The molecule has 0 saturated carbocycles. The highest BCUT2D eigenvalue weighted by Gasteiger charge is 2.18. The molecule has 1 unspecified atom stereocenters. The molecule has 5 nitrogen and oxygen atoms in total. The molecule has 0 aromatic rings. The van der Waals surface area contributed by atoms with Crippen molar-refractivity contribution in [1.82, 2.24) is 10.6 Å². The lowest BCUT2D eigenvalue weighted by molar-refractivity contribution is -0.139. The third-order valence-corrected chi connectivity index (χ3v) is 1.95. The molecule has 17 heavy (non-hydrogen) atoms. The number of amides is 1. The first-order valence-electron chi connectivity index (χ1n) is 5.77. The van der Waals surface area contributed by atoms with E-state index in [1.807, 2.05) is 27.7 Å². The molecule has 0 radical (unpaired) electrons. The van der Waals surface area contributed by atoms with E-state index in [1.54, 1.807) is 6.08 Å². The Balaban J connectivity index is 4.13. The van der Waals surface area contributed by atoms with Crippen molar-refractivity contribution < 1.29 is 14.7 Å².